The van der Waals surface area contributed by atoms with Gasteiger partial charge in [-0.2, -0.15) is 0 Å². The Balaban J connectivity index is 2.22. The van der Waals surface area contributed by atoms with Gasteiger partial charge in [-0.1, -0.05) is 13.8 Å². The topological polar surface area (TPSA) is 29.3 Å². The number of piperidine rings is 1. The molecular weight excluding hydrogens is 160 g/mol. The molecular formula is C11H24N2. The van der Waals surface area contributed by atoms with E-state index in [1.54, 1.807) is 0 Å². The molecule has 2 nitrogen and oxygen atoms in total. The van der Waals surface area contributed by atoms with Gasteiger partial charge >= 0.3 is 0 Å². The monoisotopic (exact) mass is 184 g/mol. The normalized spacial score (nSPS) is 23.8. The predicted molar refractivity (Wildman–Crippen MR) is 57.7 cm³/mol. The minimum atomic E-state index is 0.390. The largest absolute Gasteiger partial charge is 0.328 e. The van der Waals surface area contributed by atoms with Gasteiger partial charge in [-0.05, 0) is 44.7 Å². The van der Waals surface area contributed by atoms with E-state index in [0.29, 0.717) is 6.04 Å². The first-order valence-electron chi connectivity index (χ1n) is 5.57. The minimum absolute atomic E-state index is 0.390. The third-order valence-corrected chi connectivity index (χ3v) is 3.00. The fourth-order valence-corrected chi connectivity index (χ4v) is 2.18. The van der Waals surface area contributed by atoms with Crippen molar-refractivity contribution in [3.63, 3.8) is 0 Å². The first-order chi connectivity index (χ1) is 6.09. The van der Waals surface area contributed by atoms with E-state index in [9.17, 15) is 0 Å². The molecule has 1 rings (SSSR count). The summed E-state index contributed by atoms with van der Waals surface area (Å²) in [6.07, 6.45) is 2.59. The zero-order chi connectivity index (χ0) is 9.84. The fourth-order valence-electron chi connectivity index (χ4n) is 2.18. The van der Waals surface area contributed by atoms with Crippen LogP contribution in [0.15, 0.2) is 0 Å². The number of hydrogen-bond acceptors (Lipinski definition) is 2. The Morgan fingerprint density at radius 3 is 2.15 bits per heavy atom. The summed E-state index contributed by atoms with van der Waals surface area (Å²) in [4.78, 5) is 2.57. The van der Waals surface area contributed by atoms with Crippen LogP contribution in [0.1, 0.15) is 33.6 Å². The van der Waals surface area contributed by atoms with Crippen LogP contribution in [-0.4, -0.2) is 30.6 Å². The molecule has 1 fully saturated rings. The van der Waals surface area contributed by atoms with Crippen LogP contribution < -0.4 is 5.73 Å². The van der Waals surface area contributed by atoms with Gasteiger partial charge in [0.1, 0.15) is 0 Å². The summed E-state index contributed by atoms with van der Waals surface area (Å²) in [5.74, 6) is 1.57. The predicted octanol–water partition coefficient (Wildman–Crippen LogP) is 1.70. The van der Waals surface area contributed by atoms with Crippen LogP contribution in [-0.2, 0) is 0 Å². The Hall–Kier alpha value is -0.0800. The third-order valence-electron chi connectivity index (χ3n) is 3.00. The van der Waals surface area contributed by atoms with E-state index in [-0.39, 0.29) is 0 Å². The summed E-state index contributed by atoms with van der Waals surface area (Å²) in [6, 6.07) is 0.390. The Morgan fingerprint density at radius 2 is 1.77 bits per heavy atom. The van der Waals surface area contributed by atoms with Crippen LogP contribution in [0.4, 0.5) is 0 Å². The van der Waals surface area contributed by atoms with Gasteiger partial charge in [0.05, 0.1) is 0 Å². The Morgan fingerprint density at radius 1 is 1.23 bits per heavy atom. The first-order valence-corrected chi connectivity index (χ1v) is 5.57. The van der Waals surface area contributed by atoms with Gasteiger partial charge in [0.2, 0.25) is 0 Å². The van der Waals surface area contributed by atoms with Crippen molar-refractivity contribution in [2.75, 3.05) is 19.6 Å². The molecule has 78 valence electrons. The average Bonchev–Trinajstić information content (AvgIpc) is 2.04. The van der Waals surface area contributed by atoms with Crippen LogP contribution >= 0.6 is 0 Å². The van der Waals surface area contributed by atoms with E-state index in [4.69, 9.17) is 5.73 Å². The van der Waals surface area contributed by atoms with Crippen LogP contribution in [0.5, 0.6) is 0 Å². The van der Waals surface area contributed by atoms with Gasteiger partial charge in [-0.15, -0.1) is 0 Å². The lowest BCUT2D eigenvalue weighted by Crippen LogP contribution is -2.40. The number of nitrogens with zero attached hydrogens (tertiary/aromatic N) is 1. The number of rotatable bonds is 3. The molecule has 0 radical (unpaired) electrons. The van der Waals surface area contributed by atoms with E-state index in [1.165, 1.54) is 32.5 Å². The van der Waals surface area contributed by atoms with Gasteiger partial charge in [0.25, 0.3) is 0 Å². The van der Waals surface area contributed by atoms with E-state index in [1.807, 2.05) is 0 Å². The van der Waals surface area contributed by atoms with Gasteiger partial charge in [-0.3, -0.25) is 0 Å². The molecule has 0 aromatic carbocycles. The van der Waals surface area contributed by atoms with Crippen LogP contribution in [0.2, 0.25) is 0 Å². The molecule has 0 aromatic heterocycles. The van der Waals surface area contributed by atoms with Crippen molar-refractivity contribution >= 4 is 0 Å². The van der Waals surface area contributed by atoms with E-state index < -0.39 is 0 Å². The summed E-state index contributed by atoms with van der Waals surface area (Å²) in [6.45, 7) is 10.5. The molecule has 1 saturated heterocycles. The van der Waals surface area contributed by atoms with Crippen molar-refractivity contribution < 1.29 is 0 Å². The molecule has 0 saturated carbocycles. The molecule has 0 aliphatic carbocycles. The molecule has 1 aliphatic heterocycles. The average molecular weight is 184 g/mol. The molecule has 13 heavy (non-hydrogen) atoms. The molecule has 0 bridgehead atoms. The highest BCUT2D eigenvalue weighted by molar-refractivity contribution is 4.77. The molecule has 0 amide bonds. The first kappa shape index (κ1) is 11.0. The Bertz CT molecular complexity index is 135. The highest BCUT2D eigenvalue weighted by Crippen LogP contribution is 2.19. The maximum Gasteiger partial charge on any atom is 0.00397 e. The third kappa shape index (κ3) is 3.65. The second-order valence-corrected chi connectivity index (χ2v) is 4.89. The van der Waals surface area contributed by atoms with Gasteiger partial charge in [-0.25, -0.2) is 0 Å². The highest BCUT2D eigenvalue weighted by atomic mass is 15.1. The van der Waals surface area contributed by atoms with Crippen molar-refractivity contribution in [3.05, 3.63) is 0 Å². The fraction of sp³-hybridized carbons (Fsp3) is 1.00. The van der Waals surface area contributed by atoms with Crippen LogP contribution in [0.3, 0.4) is 0 Å². The molecule has 0 aromatic rings. The molecule has 2 N–H and O–H groups in total. The lowest BCUT2D eigenvalue weighted by Gasteiger charge is -2.34. The van der Waals surface area contributed by atoms with E-state index in [2.05, 4.69) is 25.7 Å². The summed E-state index contributed by atoms with van der Waals surface area (Å²) in [7, 11) is 0. The van der Waals surface area contributed by atoms with Crippen molar-refractivity contribution in [2.45, 2.75) is 39.7 Å². The maximum atomic E-state index is 5.90. The second kappa shape index (κ2) is 4.97. The molecule has 1 heterocycles. The van der Waals surface area contributed by atoms with Crippen molar-refractivity contribution in [1.29, 1.82) is 0 Å². The minimum Gasteiger partial charge on any atom is -0.328 e. The lowest BCUT2D eigenvalue weighted by molar-refractivity contribution is 0.157. The van der Waals surface area contributed by atoms with Crippen LogP contribution in [0, 0.1) is 11.8 Å². The SMILES string of the molecule is CC(C)CN1CCC(C(C)N)CC1. The van der Waals surface area contributed by atoms with E-state index >= 15 is 0 Å². The van der Waals surface area contributed by atoms with Gasteiger partial charge < -0.3 is 10.6 Å². The molecule has 0 spiro atoms. The number of nitrogens with two attached hydrogens (primary N) is 1. The highest BCUT2D eigenvalue weighted by Gasteiger charge is 2.21. The zero-order valence-corrected chi connectivity index (χ0v) is 9.29. The lowest BCUT2D eigenvalue weighted by atomic mass is 9.90. The molecule has 1 aliphatic rings. The summed E-state index contributed by atoms with van der Waals surface area (Å²) in [5.41, 5.74) is 5.90. The summed E-state index contributed by atoms with van der Waals surface area (Å²) in [5, 5.41) is 0. The smallest absolute Gasteiger partial charge is 0.00397 e. The molecule has 2 heteroatoms. The van der Waals surface area contributed by atoms with Crippen LogP contribution in [0.25, 0.3) is 0 Å². The van der Waals surface area contributed by atoms with E-state index in [0.717, 1.165) is 11.8 Å². The summed E-state index contributed by atoms with van der Waals surface area (Å²) >= 11 is 0. The Labute approximate surface area is 82.5 Å². The van der Waals surface area contributed by atoms with Crippen molar-refractivity contribution in [2.24, 2.45) is 17.6 Å². The quantitative estimate of drug-likeness (QED) is 0.723. The van der Waals surface area contributed by atoms with Gasteiger partial charge in [0, 0.05) is 12.6 Å². The maximum absolute atomic E-state index is 5.90. The Kier molecular flexibility index (Phi) is 4.20. The number of hydrogen-bond donors (Lipinski definition) is 1. The zero-order valence-electron chi connectivity index (χ0n) is 9.29. The van der Waals surface area contributed by atoms with Crippen molar-refractivity contribution in [3.8, 4) is 0 Å². The molecule has 1 unspecified atom stereocenters. The summed E-state index contributed by atoms with van der Waals surface area (Å²) < 4.78 is 0. The van der Waals surface area contributed by atoms with Crippen molar-refractivity contribution in [1.82, 2.24) is 4.90 Å². The standard InChI is InChI=1S/C11H24N2/c1-9(2)8-13-6-4-11(5-7-13)10(3)12/h9-11H,4-8,12H2,1-3H3. The van der Waals surface area contributed by atoms with Gasteiger partial charge in [0.15, 0.2) is 0 Å². The molecule has 1 atom stereocenters. The second-order valence-electron chi connectivity index (χ2n) is 4.89. The number of likely N-dealkylation sites (tertiary alicyclic amines) is 1.